The maximum atomic E-state index is 12.5. The van der Waals surface area contributed by atoms with Crippen LogP contribution in [0.1, 0.15) is 52.3 Å². The summed E-state index contributed by atoms with van der Waals surface area (Å²) in [6, 6.07) is 0.0886. The van der Waals surface area contributed by atoms with E-state index in [4.69, 9.17) is 4.52 Å². The zero-order valence-electron chi connectivity index (χ0n) is 15.0. The molecule has 1 aromatic rings. The van der Waals surface area contributed by atoms with Gasteiger partial charge >= 0.3 is 0 Å². The summed E-state index contributed by atoms with van der Waals surface area (Å²) in [5.74, 6) is 1.84. The average molecular weight is 356 g/mol. The molecule has 0 spiro atoms. The minimum atomic E-state index is -3.12. The van der Waals surface area contributed by atoms with E-state index in [0.717, 1.165) is 19.3 Å². The highest BCUT2D eigenvalue weighted by atomic mass is 32.2. The summed E-state index contributed by atoms with van der Waals surface area (Å²) in [4.78, 5) is 6.70. The largest absolute Gasteiger partial charge is 0.339 e. The molecular formula is C16H28N4O3S. The van der Waals surface area contributed by atoms with E-state index in [-0.39, 0.29) is 17.3 Å². The van der Waals surface area contributed by atoms with Crippen LogP contribution in [-0.4, -0.2) is 58.2 Å². The fourth-order valence-corrected chi connectivity index (χ4v) is 5.38. The molecule has 136 valence electrons. The minimum absolute atomic E-state index is 0.0358. The second-order valence-corrected chi connectivity index (χ2v) is 9.67. The van der Waals surface area contributed by atoms with E-state index in [0.29, 0.717) is 37.3 Å². The Morgan fingerprint density at radius 2 is 1.92 bits per heavy atom. The normalized spacial score (nSPS) is 27.0. The molecule has 7 nitrogen and oxygen atoms in total. The molecule has 0 bridgehead atoms. The van der Waals surface area contributed by atoms with Crippen molar-refractivity contribution in [2.45, 2.75) is 70.8 Å². The van der Waals surface area contributed by atoms with Gasteiger partial charge in [0.2, 0.25) is 15.9 Å². The molecule has 3 rings (SSSR count). The van der Waals surface area contributed by atoms with Gasteiger partial charge in [0.15, 0.2) is 5.82 Å². The summed E-state index contributed by atoms with van der Waals surface area (Å²) < 4.78 is 32.1. The van der Waals surface area contributed by atoms with E-state index < -0.39 is 10.0 Å². The number of aromatic nitrogens is 2. The Kier molecular flexibility index (Phi) is 4.99. The van der Waals surface area contributed by atoms with Crippen LogP contribution < -0.4 is 0 Å². The quantitative estimate of drug-likeness (QED) is 0.771. The molecule has 1 aliphatic carbocycles. The molecule has 24 heavy (non-hydrogen) atoms. The van der Waals surface area contributed by atoms with Crippen LogP contribution in [0.3, 0.4) is 0 Å². The van der Waals surface area contributed by atoms with Gasteiger partial charge in [0, 0.05) is 31.6 Å². The summed E-state index contributed by atoms with van der Waals surface area (Å²) in [5.41, 5.74) is 0. The third-order valence-electron chi connectivity index (χ3n) is 5.05. The molecule has 2 heterocycles. The van der Waals surface area contributed by atoms with Gasteiger partial charge in [0.25, 0.3) is 0 Å². The van der Waals surface area contributed by atoms with Crippen LogP contribution in [0.15, 0.2) is 4.52 Å². The van der Waals surface area contributed by atoms with E-state index in [1.165, 1.54) is 0 Å². The molecule has 2 atom stereocenters. The first-order valence-electron chi connectivity index (χ1n) is 8.85. The Morgan fingerprint density at radius 1 is 1.21 bits per heavy atom. The van der Waals surface area contributed by atoms with Crippen LogP contribution in [0.2, 0.25) is 0 Å². The Morgan fingerprint density at radius 3 is 2.54 bits per heavy atom. The maximum Gasteiger partial charge on any atom is 0.226 e. The summed E-state index contributed by atoms with van der Waals surface area (Å²) in [7, 11) is -3.12. The topological polar surface area (TPSA) is 79.5 Å². The SMILES string of the molecule is CC(C)Cc1nc(CN2CCN(S(=O)(=O)C3CC3)[C@H](C)[C@H]2C)no1. The van der Waals surface area contributed by atoms with Gasteiger partial charge < -0.3 is 4.52 Å². The number of hydrogen-bond donors (Lipinski definition) is 0. The van der Waals surface area contributed by atoms with Crippen molar-refractivity contribution in [2.75, 3.05) is 13.1 Å². The van der Waals surface area contributed by atoms with Crippen LogP contribution >= 0.6 is 0 Å². The smallest absolute Gasteiger partial charge is 0.226 e. The lowest BCUT2D eigenvalue weighted by Gasteiger charge is -2.43. The van der Waals surface area contributed by atoms with Crippen LogP contribution in [0.4, 0.5) is 0 Å². The number of nitrogens with zero attached hydrogens (tertiary/aromatic N) is 4. The van der Waals surface area contributed by atoms with Gasteiger partial charge in [-0.3, -0.25) is 4.90 Å². The molecule has 0 aromatic carbocycles. The lowest BCUT2D eigenvalue weighted by Crippen LogP contribution is -2.59. The molecule has 1 aliphatic heterocycles. The van der Waals surface area contributed by atoms with Crippen molar-refractivity contribution < 1.29 is 12.9 Å². The van der Waals surface area contributed by atoms with Gasteiger partial charge in [0.05, 0.1) is 11.8 Å². The Labute approximate surface area is 144 Å². The van der Waals surface area contributed by atoms with Crippen molar-refractivity contribution in [1.29, 1.82) is 0 Å². The second-order valence-electron chi connectivity index (χ2n) is 7.51. The fourth-order valence-electron chi connectivity index (χ4n) is 3.29. The van der Waals surface area contributed by atoms with Crippen LogP contribution in [-0.2, 0) is 23.0 Å². The first-order valence-corrected chi connectivity index (χ1v) is 10.4. The molecule has 1 aromatic heterocycles. The number of sulfonamides is 1. The Hall–Kier alpha value is -0.990. The molecule has 1 saturated carbocycles. The monoisotopic (exact) mass is 356 g/mol. The molecule has 0 unspecified atom stereocenters. The predicted molar refractivity (Wildman–Crippen MR) is 90.8 cm³/mol. The van der Waals surface area contributed by atoms with Crippen molar-refractivity contribution in [2.24, 2.45) is 5.92 Å². The number of rotatable bonds is 6. The Balaban J connectivity index is 1.63. The standard InChI is InChI=1S/C16H28N4O3S/c1-11(2)9-16-17-15(18-23-16)10-19-7-8-20(13(4)12(19)3)24(21,22)14-5-6-14/h11-14H,5-10H2,1-4H3/t12-,13-/m1/s1. The molecular weight excluding hydrogens is 328 g/mol. The van der Waals surface area contributed by atoms with Gasteiger partial charge in [-0.25, -0.2) is 8.42 Å². The van der Waals surface area contributed by atoms with E-state index in [9.17, 15) is 8.42 Å². The first-order chi connectivity index (χ1) is 11.3. The summed E-state index contributed by atoms with van der Waals surface area (Å²) >= 11 is 0. The fraction of sp³-hybridized carbons (Fsp3) is 0.875. The van der Waals surface area contributed by atoms with E-state index in [1.54, 1.807) is 4.31 Å². The molecule has 1 saturated heterocycles. The van der Waals surface area contributed by atoms with Gasteiger partial charge in [-0.15, -0.1) is 0 Å². The summed E-state index contributed by atoms with van der Waals surface area (Å²) in [6.45, 7) is 10.2. The average Bonchev–Trinajstić information content (AvgIpc) is 3.27. The minimum Gasteiger partial charge on any atom is -0.339 e. The molecule has 2 aliphatic rings. The highest BCUT2D eigenvalue weighted by Crippen LogP contribution is 2.34. The molecule has 0 amide bonds. The first kappa shape index (κ1) is 17.8. The van der Waals surface area contributed by atoms with Crippen molar-refractivity contribution >= 4 is 10.0 Å². The third kappa shape index (κ3) is 3.65. The zero-order valence-corrected chi connectivity index (χ0v) is 15.8. The molecule has 0 N–H and O–H groups in total. The number of hydrogen-bond acceptors (Lipinski definition) is 6. The summed E-state index contributed by atoms with van der Waals surface area (Å²) in [5, 5.41) is 3.93. The molecule has 0 radical (unpaired) electrons. The van der Waals surface area contributed by atoms with Crippen molar-refractivity contribution in [3.8, 4) is 0 Å². The van der Waals surface area contributed by atoms with Crippen LogP contribution in [0.25, 0.3) is 0 Å². The summed E-state index contributed by atoms with van der Waals surface area (Å²) in [6.07, 6.45) is 2.41. The highest BCUT2D eigenvalue weighted by Gasteiger charge is 2.45. The third-order valence-corrected chi connectivity index (χ3v) is 7.53. The van der Waals surface area contributed by atoms with Crippen molar-refractivity contribution in [3.05, 3.63) is 11.7 Å². The van der Waals surface area contributed by atoms with Gasteiger partial charge in [-0.2, -0.15) is 9.29 Å². The van der Waals surface area contributed by atoms with Crippen molar-refractivity contribution in [3.63, 3.8) is 0 Å². The van der Waals surface area contributed by atoms with E-state index in [1.807, 2.05) is 6.92 Å². The van der Waals surface area contributed by atoms with E-state index >= 15 is 0 Å². The van der Waals surface area contributed by atoms with Crippen LogP contribution in [0.5, 0.6) is 0 Å². The zero-order chi connectivity index (χ0) is 17.5. The Bertz CT molecular complexity index is 669. The lowest BCUT2D eigenvalue weighted by molar-refractivity contribution is 0.0757. The number of piperazine rings is 1. The van der Waals surface area contributed by atoms with Gasteiger partial charge in [-0.1, -0.05) is 19.0 Å². The van der Waals surface area contributed by atoms with Crippen LogP contribution in [0, 0.1) is 5.92 Å². The lowest BCUT2D eigenvalue weighted by atomic mass is 10.1. The molecule has 2 fully saturated rings. The molecule has 8 heteroatoms. The maximum absolute atomic E-state index is 12.5. The van der Waals surface area contributed by atoms with Gasteiger partial charge in [0.1, 0.15) is 0 Å². The second kappa shape index (κ2) is 6.72. The van der Waals surface area contributed by atoms with E-state index in [2.05, 4.69) is 35.8 Å². The van der Waals surface area contributed by atoms with Crippen molar-refractivity contribution in [1.82, 2.24) is 19.3 Å². The van der Waals surface area contributed by atoms with Gasteiger partial charge in [-0.05, 0) is 32.6 Å². The predicted octanol–water partition coefficient (Wildman–Crippen LogP) is 1.65. The highest BCUT2D eigenvalue weighted by molar-refractivity contribution is 7.90.